The van der Waals surface area contributed by atoms with E-state index in [0.717, 1.165) is 10.9 Å². The van der Waals surface area contributed by atoms with Crippen molar-refractivity contribution in [3.63, 3.8) is 0 Å². The fourth-order valence-electron chi connectivity index (χ4n) is 1.66. The van der Waals surface area contributed by atoms with Crippen molar-refractivity contribution in [1.82, 2.24) is 5.32 Å². The lowest BCUT2D eigenvalue weighted by Crippen LogP contribution is -2.46. The molecule has 1 heterocycles. The zero-order valence-electron chi connectivity index (χ0n) is 8.20. The third-order valence-corrected chi connectivity index (χ3v) is 2.78. The molecule has 1 aliphatic rings. The number of halogens is 1. The van der Waals surface area contributed by atoms with Crippen LogP contribution in [0.2, 0.25) is 0 Å². The van der Waals surface area contributed by atoms with Crippen molar-refractivity contribution >= 4 is 21.8 Å². The molecule has 0 spiro atoms. The van der Waals surface area contributed by atoms with Crippen LogP contribution in [-0.2, 0) is 16.0 Å². The van der Waals surface area contributed by atoms with Crippen LogP contribution in [0, 0.1) is 0 Å². The maximum Gasteiger partial charge on any atom is 0.246 e. The van der Waals surface area contributed by atoms with Gasteiger partial charge in [-0.25, -0.2) is 0 Å². The summed E-state index contributed by atoms with van der Waals surface area (Å²) in [5, 5.41) is 2.91. The SMILES string of the molecule is O=C1COC[C@H](Cc2cccc(Br)c2)N1. The van der Waals surface area contributed by atoms with E-state index in [-0.39, 0.29) is 18.6 Å². The van der Waals surface area contributed by atoms with Gasteiger partial charge in [-0.15, -0.1) is 0 Å². The number of carbonyl (C=O) groups is 1. The van der Waals surface area contributed by atoms with E-state index in [2.05, 4.69) is 27.3 Å². The number of rotatable bonds is 2. The van der Waals surface area contributed by atoms with Crippen LogP contribution in [0.3, 0.4) is 0 Å². The Morgan fingerprint density at radius 3 is 3.13 bits per heavy atom. The van der Waals surface area contributed by atoms with Gasteiger partial charge in [0.1, 0.15) is 6.61 Å². The topological polar surface area (TPSA) is 38.3 Å². The van der Waals surface area contributed by atoms with Gasteiger partial charge in [-0.2, -0.15) is 0 Å². The molecule has 4 heteroatoms. The highest BCUT2D eigenvalue weighted by Gasteiger charge is 2.18. The monoisotopic (exact) mass is 269 g/mol. The fourth-order valence-corrected chi connectivity index (χ4v) is 2.11. The minimum Gasteiger partial charge on any atom is -0.369 e. The lowest BCUT2D eigenvalue weighted by Gasteiger charge is -2.23. The van der Waals surface area contributed by atoms with E-state index >= 15 is 0 Å². The van der Waals surface area contributed by atoms with Crippen LogP contribution >= 0.6 is 15.9 Å². The van der Waals surface area contributed by atoms with E-state index in [0.29, 0.717) is 6.61 Å². The Balaban J connectivity index is 1.99. The molecule has 1 saturated heterocycles. The number of hydrogen-bond donors (Lipinski definition) is 1. The van der Waals surface area contributed by atoms with Crippen molar-refractivity contribution in [2.24, 2.45) is 0 Å². The van der Waals surface area contributed by atoms with E-state index in [9.17, 15) is 4.79 Å². The third-order valence-electron chi connectivity index (χ3n) is 2.29. The number of hydrogen-bond acceptors (Lipinski definition) is 2. The van der Waals surface area contributed by atoms with Crippen molar-refractivity contribution in [1.29, 1.82) is 0 Å². The molecule has 0 radical (unpaired) electrons. The van der Waals surface area contributed by atoms with Gasteiger partial charge in [0.15, 0.2) is 0 Å². The van der Waals surface area contributed by atoms with Crippen LogP contribution in [0.1, 0.15) is 5.56 Å². The molecular weight excluding hydrogens is 258 g/mol. The summed E-state index contributed by atoms with van der Waals surface area (Å²) < 4.78 is 6.23. The molecule has 0 aliphatic carbocycles. The molecule has 0 unspecified atom stereocenters. The van der Waals surface area contributed by atoms with E-state index in [1.165, 1.54) is 5.56 Å². The van der Waals surface area contributed by atoms with E-state index in [1.54, 1.807) is 0 Å². The summed E-state index contributed by atoms with van der Waals surface area (Å²) in [6.07, 6.45) is 0.811. The average Bonchev–Trinajstić information content (AvgIpc) is 2.17. The Bertz CT molecular complexity index is 367. The number of carbonyl (C=O) groups excluding carboxylic acids is 1. The van der Waals surface area contributed by atoms with Crippen LogP contribution in [0.15, 0.2) is 28.7 Å². The largest absolute Gasteiger partial charge is 0.369 e. The molecule has 80 valence electrons. The normalized spacial score (nSPS) is 21.1. The molecule has 3 nitrogen and oxygen atoms in total. The third kappa shape index (κ3) is 3.04. The van der Waals surface area contributed by atoms with Crippen molar-refractivity contribution < 1.29 is 9.53 Å². The minimum absolute atomic E-state index is 0.0266. The predicted molar refractivity (Wildman–Crippen MR) is 60.6 cm³/mol. The van der Waals surface area contributed by atoms with Crippen LogP contribution in [-0.4, -0.2) is 25.2 Å². The molecule has 1 amide bonds. The number of nitrogens with one attached hydrogen (secondary N) is 1. The van der Waals surface area contributed by atoms with Crippen molar-refractivity contribution in [3.8, 4) is 0 Å². The zero-order valence-corrected chi connectivity index (χ0v) is 9.79. The quantitative estimate of drug-likeness (QED) is 0.884. The first kappa shape index (κ1) is 10.6. The van der Waals surface area contributed by atoms with E-state index in [4.69, 9.17) is 4.74 Å². The molecule has 1 aromatic rings. The van der Waals surface area contributed by atoms with Gasteiger partial charge in [-0.05, 0) is 24.1 Å². The highest BCUT2D eigenvalue weighted by atomic mass is 79.9. The average molecular weight is 270 g/mol. The molecular formula is C11H12BrNO2. The van der Waals surface area contributed by atoms with Crippen LogP contribution < -0.4 is 5.32 Å². The second-order valence-corrected chi connectivity index (χ2v) is 4.53. The summed E-state index contributed by atoms with van der Waals surface area (Å²) in [5.41, 5.74) is 1.19. The predicted octanol–water partition coefficient (Wildman–Crippen LogP) is 1.51. The second kappa shape index (κ2) is 4.77. The Kier molecular flexibility index (Phi) is 3.38. The van der Waals surface area contributed by atoms with Gasteiger partial charge in [0, 0.05) is 4.47 Å². The first-order chi connectivity index (χ1) is 7.24. The van der Waals surface area contributed by atoms with Gasteiger partial charge in [0.05, 0.1) is 12.6 Å². The molecule has 1 aliphatic heterocycles. The van der Waals surface area contributed by atoms with Crippen LogP contribution in [0.25, 0.3) is 0 Å². The van der Waals surface area contributed by atoms with Crippen molar-refractivity contribution in [2.45, 2.75) is 12.5 Å². The number of morpholine rings is 1. The molecule has 0 saturated carbocycles. The van der Waals surface area contributed by atoms with Crippen LogP contribution in [0.5, 0.6) is 0 Å². The summed E-state index contributed by atoms with van der Waals surface area (Å²) in [6.45, 7) is 0.785. The van der Waals surface area contributed by atoms with Gasteiger partial charge in [-0.3, -0.25) is 4.79 Å². The molecule has 1 N–H and O–H groups in total. The smallest absolute Gasteiger partial charge is 0.246 e. The second-order valence-electron chi connectivity index (χ2n) is 3.61. The molecule has 0 bridgehead atoms. The van der Waals surface area contributed by atoms with Crippen LogP contribution in [0.4, 0.5) is 0 Å². The molecule has 15 heavy (non-hydrogen) atoms. The summed E-state index contributed by atoms with van der Waals surface area (Å²) in [6, 6.07) is 8.18. The zero-order chi connectivity index (χ0) is 10.7. The Hall–Kier alpha value is -0.870. The van der Waals surface area contributed by atoms with Gasteiger partial charge in [0.25, 0.3) is 0 Å². The fraction of sp³-hybridized carbons (Fsp3) is 0.364. The standard InChI is InChI=1S/C11H12BrNO2/c12-9-3-1-2-8(4-9)5-10-6-15-7-11(14)13-10/h1-4,10H,5-7H2,(H,13,14)/t10-/m0/s1. The summed E-state index contributed by atoms with van der Waals surface area (Å²) >= 11 is 3.42. The number of ether oxygens (including phenoxy) is 1. The van der Waals surface area contributed by atoms with E-state index in [1.807, 2.05) is 18.2 Å². The van der Waals surface area contributed by atoms with Gasteiger partial charge in [0.2, 0.25) is 5.91 Å². The lowest BCUT2D eigenvalue weighted by atomic mass is 10.1. The number of amides is 1. The number of benzene rings is 1. The molecule has 2 rings (SSSR count). The molecule has 0 aromatic heterocycles. The van der Waals surface area contributed by atoms with Gasteiger partial charge < -0.3 is 10.1 Å². The first-order valence-corrected chi connectivity index (χ1v) is 5.65. The summed E-state index contributed by atoms with van der Waals surface area (Å²) in [7, 11) is 0. The van der Waals surface area contributed by atoms with Crippen molar-refractivity contribution in [2.75, 3.05) is 13.2 Å². The van der Waals surface area contributed by atoms with E-state index < -0.39 is 0 Å². The maximum absolute atomic E-state index is 11.1. The Labute approximate surface area is 96.9 Å². The summed E-state index contributed by atoms with van der Waals surface area (Å²) in [4.78, 5) is 11.1. The highest BCUT2D eigenvalue weighted by molar-refractivity contribution is 9.10. The summed E-state index contributed by atoms with van der Waals surface area (Å²) in [5.74, 6) is -0.0266. The van der Waals surface area contributed by atoms with Gasteiger partial charge in [-0.1, -0.05) is 28.1 Å². The van der Waals surface area contributed by atoms with Gasteiger partial charge >= 0.3 is 0 Å². The molecule has 1 aromatic carbocycles. The minimum atomic E-state index is -0.0266. The Morgan fingerprint density at radius 1 is 1.53 bits per heavy atom. The molecule has 1 fully saturated rings. The first-order valence-electron chi connectivity index (χ1n) is 4.85. The maximum atomic E-state index is 11.1. The molecule has 1 atom stereocenters. The lowest BCUT2D eigenvalue weighted by molar-refractivity contribution is -0.131. The highest BCUT2D eigenvalue weighted by Crippen LogP contribution is 2.13. The Morgan fingerprint density at radius 2 is 2.40 bits per heavy atom. The van der Waals surface area contributed by atoms with Crippen molar-refractivity contribution in [3.05, 3.63) is 34.3 Å².